The third kappa shape index (κ3) is 4.54. The summed E-state index contributed by atoms with van der Waals surface area (Å²) < 4.78 is 0. The van der Waals surface area contributed by atoms with Crippen molar-refractivity contribution < 1.29 is 4.79 Å². The first-order chi connectivity index (χ1) is 9.12. The molecule has 1 heterocycles. The maximum Gasteiger partial charge on any atom is 0.272 e. The number of aromatic nitrogens is 1. The van der Waals surface area contributed by atoms with E-state index in [-0.39, 0.29) is 5.91 Å². The van der Waals surface area contributed by atoms with E-state index in [9.17, 15) is 4.79 Å². The number of hydrogen-bond acceptors (Lipinski definition) is 3. The standard InChI is InChI=1S/C15H25N3O/c1-5-12(4)11-17-13-8-9-16-14(10-13)15(19)18(6-2)7-3/h8-10,12H,5-7,11H2,1-4H3,(H,16,17). The Kier molecular flexibility index (Phi) is 6.33. The first-order valence-corrected chi connectivity index (χ1v) is 7.11. The largest absolute Gasteiger partial charge is 0.385 e. The van der Waals surface area contributed by atoms with E-state index in [0.29, 0.717) is 24.7 Å². The summed E-state index contributed by atoms with van der Waals surface area (Å²) in [5.74, 6) is 0.618. The molecule has 1 amide bonds. The van der Waals surface area contributed by atoms with Crippen LogP contribution in [0.3, 0.4) is 0 Å². The molecule has 1 unspecified atom stereocenters. The fourth-order valence-corrected chi connectivity index (χ4v) is 1.77. The molecule has 0 saturated carbocycles. The van der Waals surface area contributed by atoms with Gasteiger partial charge in [-0.25, -0.2) is 0 Å². The van der Waals surface area contributed by atoms with Gasteiger partial charge in [-0.1, -0.05) is 20.3 Å². The molecule has 1 N–H and O–H groups in total. The first kappa shape index (κ1) is 15.5. The Balaban J connectivity index is 2.73. The van der Waals surface area contributed by atoms with Gasteiger partial charge in [0.05, 0.1) is 0 Å². The highest BCUT2D eigenvalue weighted by Gasteiger charge is 2.14. The molecule has 0 aliphatic carbocycles. The topological polar surface area (TPSA) is 45.2 Å². The molecule has 0 fully saturated rings. The number of hydrogen-bond donors (Lipinski definition) is 1. The summed E-state index contributed by atoms with van der Waals surface area (Å²) in [7, 11) is 0. The number of nitrogens with one attached hydrogen (secondary N) is 1. The van der Waals surface area contributed by atoms with E-state index >= 15 is 0 Å². The van der Waals surface area contributed by atoms with E-state index in [1.807, 2.05) is 26.0 Å². The third-order valence-corrected chi connectivity index (χ3v) is 3.38. The first-order valence-electron chi connectivity index (χ1n) is 7.11. The number of nitrogens with zero attached hydrogens (tertiary/aromatic N) is 2. The Morgan fingerprint density at radius 3 is 2.63 bits per heavy atom. The van der Waals surface area contributed by atoms with Gasteiger partial charge in [0.15, 0.2) is 0 Å². The van der Waals surface area contributed by atoms with Crippen molar-refractivity contribution >= 4 is 11.6 Å². The number of amides is 1. The summed E-state index contributed by atoms with van der Waals surface area (Å²) in [6.45, 7) is 10.7. The zero-order valence-corrected chi connectivity index (χ0v) is 12.4. The van der Waals surface area contributed by atoms with E-state index in [2.05, 4.69) is 24.1 Å². The summed E-state index contributed by atoms with van der Waals surface area (Å²) in [5, 5.41) is 3.35. The number of anilines is 1. The Morgan fingerprint density at radius 2 is 2.05 bits per heavy atom. The molecule has 4 nitrogen and oxygen atoms in total. The van der Waals surface area contributed by atoms with Crippen LogP contribution in [0.25, 0.3) is 0 Å². The summed E-state index contributed by atoms with van der Waals surface area (Å²) in [4.78, 5) is 18.1. The fourth-order valence-electron chi connectivity index (χ4n) is 1.77. The highest BCUT2D eigenvalue weighted by molar-refractivity contribution is 5.93. The second-order valence-electron chi connectivity index (χ2n) is 4.80. The normalized spacial score (nSPS) is 12.0. The van der Waals surface area contributed by atoms with E-state index < -0.39 is 0 Å². The van der Waals surface area contributed by atoms with Gasteiger partial charge in [0.25, 0.3) is 5.91 Å². The summed E-state index contributed by atoms with van der Waals surface area (Å²) in [6.07, 6.45) is 2.83. The minimum atomic E-state index is -0.00260. The molecule has 1 aromatic heterocycles. The van der Waals surface area contributed by atoms with Crippen molar-refractivity contribution in [3.05, 3.63) is 24.0 Å². The van der Waals surface area contributed by atoms with Gasteiger partial charge in [0.1, 0.15) is 5.69 Å². The van der Waals surface area contributed by atoms with Gasteiger partial charge in [-0.3, -0.25) is 9.78 Å². The van der Waals surface area contributed by atoms with Crippen LogP contribution in [-0.4, -0.2) is 35.4 Å². The molecule has 0 aliphatic rings. The molecule has 0 spiro atoms. The molecular formula is C15H25N3O. The van der Waals surface area contributed by atoms with E-state index in [1.165, 1.54) is 0 Å². The van der Waals surface area contributed by atoms with Crippen LogP contribution in [0.4, 0.5) is 5.69 Å². The Bertz CT molecular complexity index is 402. The monoisotopic (exact) mass is 263 g/mol. The average Bonchev–Trinajstić information content (AvgIpc) is 2.46. The zero-order valence-electron chi connectivity index (χ0n) is 12.4. The molecule has 1 atom stereocenters. The third-order valence-electron chi connectivity index (χ3n) is 3.38. The minimum absolute atomic E-state index is 0.00260. The lowest BCUT2D eigenvalue weighted by Crippen LogP contribution is -2.31. The van der Waals surface area contributed by atoms with Crippen LogP contribution >= 0.6 is 0 Å². The van der Waals surface area contributed by atoms with Gasteiger partial charge >= 0.3 is 0 Å². The van der Waals surface area contributed by atoms with Crippen LogP contribution in [0.2, 0.25) is 0 Å². The second-order valence-corrected chi connectivity index (χ2v) is 4.80. The smallest absolute Gasteiger partial charge is 0.272 e. The van der Waals surface area contributed by atoms with Crippen molar-refractivity contribution in [2.45, 2.75) is 34.1 Å². The maximum atomic E-state index is 12.2. The lowest BCUT2D eigenvalue weighted by Gasteiger charge is -2.18. The molecule has 4 heteroatoms. The summed E-state index contributed by atoms with van der Waals surface area (Å²) >= 11 is 0. The Morgan fingerprint density at radius 1 is 1.37 bits per heavy atom. The Labute approximate surface area is 116 Å². The van der Waals surface area contributed by atoms with Crippen molar-refractivity contribution in [3.8, 4) is 0 Å². The van der Waals surface area contributed by atoms with Gasteiger partial charge in [0, 0.05) is 31.5 Å². The van der Waals surface area contributed by atoms with Crippen LogP contribution in [0, 0.1) is 5.92 Å². The van der Waals surface area contributed by atoms with E-state index in [1.54, 1.807) is 11.1 Å². The molecule has 0 aliphatic heterocycles. The zero-order chi connectivity index (χ0) is 14.3. The molecule has 106 valence electrons. The molecule has 1 rings (SSSR count). The van der Waals surface area contributed by atoms with Crippen molar-refractivity contribution in [1.29, 1.82) is 0 Å². The van der Waals surface area contributed by atoms with Crippen LogP contribution < -0.4 is 5.32 Å². The Hall–Kier alpha value is -1.58. The SMILES string of the molecule is CCC(C)CNc1ccnc(C(=O)N(CC)CC)c1. The highest BCUT2D eigenvalue weighted by Crippen LogP contribution is 2.11. The van der Waals surface area contributed by atoms with Gasteiger partial charge in [-0.15, -0.1) is 0 Å². The van der Waals surface area contributed by atoms with Gasteiger partial charge in [0.2, 0.25) is 0 Å². The number of carbonyl (C=O) groups is 1. The van der Waals surface area contributed by atoms with E-state index in [4.69, 9.17) is 0 Å². The van der Waals surface area contributed by atoms with Crippen molar-refractivity contribution in [2.75, 3.05) is 25.0 Å². The van der Waals surface area contributed by atoms with Crippen LogP contribution in [-0.2, 0) is 0 Å². The number of carbonyl (C=O) groups excluding carboxylic acids is 1. The second kappa shape index (κ2) is 7.77. The van der Waals surface area contributed by atoms with Crippen molar-refractivity contribution in [1.82, 2.24) is 9.88 Å². The molecule has 1 aromatic rings. The number of pyridine rings is 1. The van der Waals surface area contributed by atoms with Crippen molar-refractivity contribution in [3.63, 3.8) is 0 Å². The lowest BCUT2D eigenvalue weighted by atomic mass is 10.1. The quantitative estimate of drug-likeness (QED) is 0.822. The molecule has 19 heavy (non-hydrogen) atoms. The van der Waals surface area contributed by atoms with Crippen LogP contribution in [0.5, 0.6) is 0 Å². The molecule has 0 bridgehead atoms. The number of rotatable bonds is 7. The minimum Gasteiger partial charge on any atom is -0.385 e. The molecule has 0 radical (unpaired) electrons. The van der Waals surface area contributed by atoms with Gasteiger partial charge in [-0.05, 0) is 31.9 Å². The molecule has 0 aromatic carbocycles. The van der Waals surface area contributed by atoms with E-state index in [0.717, 1.165) is 18.7 Å². The average molecular weight is 263 g/mol. The highest BCUT2D eigenvalue weighted by atomic mass is 16.2. The summed E-state index contributed by atoms with van der Waals surface area (Å²) in [5.41, 5.74) is 1.48. The maximum absolute atomic E-state index is 12.2. The molecule has 0 saturated heterocycles. The van der Waals surface area contributed by atoms with Gasteiger partial charge < -0.3 is 10.2 Å². The predicted molar refractivity (Wildman–Crippen MR) is 79.4 cm³/mol. The predicted octanol–water partition coefficient (Wildman–Crippen LogP) is 3.02. The molecular weight excluding hydrogens is 238 g/mol. The fraction of sp³-hybridized carbons (Fsp3) is 0.600. The van der Waals surface area contributed by atoms with Crippen molar-refractivity contribution in [2.24, 2.45) is 5.92 Å². The lowest BCUT2D eigenvalue weighted by molar-refractivity contribution is 0.0767. The van der Waals surface area contributed by atoms with Gasteiger partial charge in [-0.2, -0.15) is 0 Å². The van der Waals surface area contributed by atoms with Crippen LogP contribution in [0.1, 0.15) is 44.6 Å². The summed E-state index contributed by atoms with van der Waals surface area (Å²) in [6, 6.07) is 3.74. The van der Waals surface area contributed by atoms with Crippen LogP contribution in [0.15, 0.2) is 18.3 Å².